The third-order valence-corrected chi connectivity index (χ3v) is 4.31. The molecule has 1 unspecified atom stereocenters. The first-order chi connectivity index (χ1) is 10.3. The van der Waals surface area contributed by atoms with Gasteiger partial charge in [0.05, 0.1) is 0 Å². The van der Waals surface area contributed by atoms with Crippen LogP contribution in [0.2, 0.25) is 0 Å². The maximum absolute atomic E-state index is 2.33. The molecule has 0 radical (unpaired) electrons. The van der Waals surface area contributed by atoms with Gasteiger partial charge < -0.3 is 0 Å². The molecule has 0 fully saturated rings. The Bertz CT molecular complexity index is 579. The molecule has 1 atom stereocenters. The van der Waals surface area contributed by atoms with Crippen molar-refractivity contribution in [3.8, 4) is 11.1 Å². The van der Waals surface area contributed by atoms with Crippen molar-refractivity contribution in [2.45, 2.75) is 59.8 Å². The normalized spacial score (nSPS) is 13.4. The van der Waals surface area contributed by atoms with Gasteiger partial charge in [-0.1, -0.05) is 90.1 Å². The number of hydrogen-bond acceptors (Lipinski definition) is 0. The second-order valence-electron chi connectivity index (χ2n) is 8.06. The van der Waals surface area contributed by atoms with Gasteiger partial charge in [-0.2, -0.15) is 0 Å². The summed E-state index contributed by atoms with van der Waals surface area (Å²) in [5.41, 5.74) is 5.84. The van der Waals surface area contributed by atoms with Crippen LogP contribution in [0.3, 0.4) is 0 Å². The lowest BCUT2D eigenvalue weighted by Gasteiger charge is -2.23. The molecule has 22 heavy (non-hydrogen) atoms. The van der Waals surface area contributed by atoms with E-state index in [-0.39, 0.29) is 0 Å². The Morgan fingerprint density at radius 3 is 1.45 bits per heavy atom. The van der Waals surface area contributed by atoms with Crippen molar-refractivity contribution >= 4 is 0 Å². The molecule has 0 N–H and O–H groups in total. The summed E-state index contributed by atoms with van der Waals surface area (Å²) in [5, 5.41) is 0. The largest absolute Gasteiger partial charge is 0.0602 e. The summed E-state index contributed by atoms with van der Waals surface area (Å²) in [4.78, 5) is 0. The lowest BCUT2D eigenvalue weighted by molar-refractivity contribution is 0.349. The summed E-state index contributed by atoms with van der Waals surface area (Å²) in [5.74, 6) is 1.20. The molecule has 0 saturated heterocycles. The summed E-state index contributed by atoms with van der Waals surface area (Å²) >= 11 is 0. The topological polar surface area (TPSA) is 0 Å². The van der Waals surface area contributed by atoms with Gasteiger partial charge in [0.1, 0.15) is 0 Å². The number of hydrogen-bond donors (Lipinski definition) is 0. The predicted octanol–water partition coefficient (Wildman–Crippen LogP) is 7.02. The summed E-state index contributed by atoms with van der Waals surface area (Å²) < 4.78 is 0. The molecule has 0 saturated carbocycles. The van der Waals surface area contributed by atoms with Crippen LogP contribution in [0.1, 0.15) is 70.9 Å². The minimum atomic E-state index is 0.380. The van der Waals surface area contributed by atoms with Crippen LogP contribution in [-0.4, -0.2) is 0 Å². The van der Waals surface area contributed by atoms with E-state index in [4.69, 9.17) is 0 Å². The second-order valence-corrected chi connectivity index (χ2v) is 8.06. The van der Waals surface area contributed by atoms with Crippen LogP contribution in [0.15, 0.2) is 48.5 Å². The molecule has 118 valence electrons. The average molecular weight is 294 g/mol. The molecule has 0 aromatic heterocycles. The maximum Gasteiger partial charge on any atom is -0.0184 e. The Kier molecular flexibility index (Phi) is 5.11. The highest BCUT2D eigenvalue weighted by molar-refractivity contribution is 5.64. The van der Waals surface area contributed by atoms with E-state index in [1.165, 1.54) is 28.7 Å². The third-order valence-electron chi connectivity index (χ3n) is 4.31. The van der Waals surface area contributed by atoms with Gasteiger partial charge in [0, 0.05) is 0 Å². The predicted molar refractivity (Wildman–Crippen MR) is 98.5 cm³/mol. The fraction of sp³-hybridized carbons (Fsp3) is 0.455. The van der Waals surface area contributed by atoms with Crippen molar-refractivity contribution in [3.63, 3.8) is 0 Å². The zero-order chi connectivity index (χ0) is 16.3. The average Bonchev–Trinajstić information content (AvgIpc) is 2.46. The molecule has 0 aliphatic carbocycles. The molecule has 0 nitrogen and oxygen atoms in total. The SMILES string of the molecule is CC(C)c1ccc(-c2ccc(C(C)CC(C)(C)C)cc2)cc1. The van der Waals surface area contributed by atoms with E-state index in [1.54, 1.807) is 0 Å². The highest BCUT2D eigenvalue weighted by Gasteiger charge is 2.16. The van der Waals surface area contributed by atoms with Gasteiger partial charge in [-0.25, -0.2) is 0 Å². The zero-order valence-electron chi connectivity index (χ0n) is 15.0. The molecule has 0 heteroatoms. The second kappa shape index (κ2) is 6.69. The quantitative estimate of drug-likeness (QED) is 0.568. The van der Waals surface area contributed by atoms with Gasteiger partial charge in [0.15, 0.2) is 0 Å². The van der Waals surface area contributed by atoms with E-state index in [2.05, 4.69) is 90.1 Å². The smallest absolute Gasteiger partial charge is 0.0184 e. The van der Waals surface area contributed by atoms with Crippen LogP contribution in [0.4, 0.5) is 0 Å². The summed E-state index contributed by atoms with van der Waals surface area (Å²) in [7, 11) is 0. The van der Waals surface area contributed by atoms with E-state index in [9.17, 15) is 0 Å². The Morgan fingerprint density at radius 2 is 1.09 bits per heavy atom. The highest BCUT2D eigenvalue weighted by Crippen LogP contribution is 2.32. The van der Waals surface area contributed by atoms with Crippen molar-refractivity contribution in [2.75, 3.05) is 0 Å². The number of rotatable bonds is 4. The molecule has 2 rings (SSSR count). The third kappa shape index (κ3) is 4.47. The summed E-state index contributed by atoms with van der Waals surface area (Å²) in [6.45, 7) is 13.7. The highest BCUT2D eigenvalue weighted by atomic mass is 14.2. The molecule has 0 spiro atoms. The van der Waals surface area contributed by atoms with E-state index in [0.29, 0.717) is 17.3 Å². The fourth-order valence-electron chi connectivity index (χ4n) is 3.10. The van der Waals surface area contributed by atoms with Crippen LogP contribution in [0.5, 0.6) is 0 Å². The fourth-order valence-corrected chi connectivity index (χ4v) is 3.10. The first-order valence-corrected chi connectivity index (χ1v) is 8.46. The van der Waals surface area contributed by atoms with Crippen molar-refractivity contribution in [2.24, 2.45) is 5.41 Å². The minimum absolute atomic E-state index is 0.380. The van der Waals surface area contributed by atoms with Crippen LogP contribution in [-0.2, 0) is 0 Å². The lowest BCUT2D eigenvalue weighted by Crippen LogP contribution is -2.09. The van der Waals surface area contributed by atoms with E-state index >= 15 is 0 Å². The molecule has 2 aromatic carbocycles. The van der Waals surface area contributed by atoms with Gasteiger partial charge in [0.25, 0.3) is 0 Å². The maximum atomic E-state index is 2.33. The van der Waals surface area contributed by atoms with E-state index in [1.807, 2.05) is 0 Å². The van der Waals surface area contributed by atoms with Crippen LogP contribution < -0.4 is 0 Å². The van der Waals surface area contributed by atoms with Crippen molar-refractivity contribution in [3.05, 3.63) is 59.7 Å². The van der Waals surface area contributed by atoms with Gasteiger partial charge in [-0.3, -0.25) is 0 Å². The van der Waals surface area contributed by atoms with Gasteiger partial charge in [-0.15, -0.1) is 0 Å². The molecule has 0 amide bonds. The van der Waals surface area contributed by atoms with Crippen LogP contribution in [0.25, 0.3) is 11.1 Å². The molecule has 0 aliphatic heterocycles. The Labute approximate surface area is 136 Å². The van der Waals surface area contributed by atoms with Crippen molar-refractivity contribution < 1.29 is 0 Å². The molecule has 2 aromatic rings. The van der Waals surface area contributed by atoms with Crippen LogP contribution in [0, 0.1) is 5.41 Å². The van der Waals surface area contributed by atoms with Gasteiger partial charge in [-0.05, 0) is 45.9 Å². The number of benzene rings is 2. The van der Waals surface area contributed by atoms with Crippen LogP contribution >= 0.6 is 0 Å². The first kappa shape index (κ1) is 16.8. The van der Waals surface area contributed by atoms with E-state index in [0.717, 1.165) is 0 Å². The molecular weight excluding hydrogens is 264 g/mol. The lowest BCUT2D eigenvalue weighted by atomic mass is 9.82. The molecule has 0 aliphatic rings. The van der Waals surface area contributed by atoms with Crippen molar-refractivity contribution in [1.29, 1.82) is 0 Å². The Balaban J connectivity index is 2.14. The first-order valence-electron chi connectivity index (χ1n) is 8.46. The van der Waals surface area contributed by atoms with E-state index < -0.39 is 0 Å². The zero-order valence-corrected chi connectivity index (χ0v) is 15.0. The van der Waals surface area contributed by atoms with Gasteiger partial charge in [0.2, 0.25) is 0 Å². The molecular formula is C22H30. The summed E-state index contributed by atoms with van der Waals surface area (Å²) in [6.07, 6.45) is 1.22. The Hall–Kier alpha value is -1.56. The standard InChI is InChI=1S/C22H30/c1-16(2)18-7-11-20(12-8-18)21-13-9-19(10-14-21)17(3)15-22(4,5)6/h7-14,16-17H,15H2,1-6H3. The van der Waals surface area contributed by atoms with Crippen molar-refractivity contribution in [1.82, 2.24) is 0 Å². The molecule has 0 bridgehead atoms. The van der Waals surface area contributed by atoms with Gasteiger partial charge >= 0.3 is 0 Å². The monoisotopic (exact) mass is 294 g/mol. The summed E-state index contributed by atoms with van der Waals surface area (Å²) in [6, 6.07) is 18.1. The minimum Gasteiger partial charge on any atom is -0.0602 e. The molecule has 0 heterocycles. The Morgan fingerprint density at radius 1 is 0.682 bits per heavy atom.